The van der Waals surface area contributed by atoms with Crippen LogP contribution in [0.15, 0.2) is 18.2 Å². The molecule has 0 saturated carbocycles. The minimum Gasteiger partial charge on any atom is -0.383 e. The van der Waals surface area contributed by atoms with Crippen molar-refractivity contribution >= 4 is 17.3 Å². The maximum atomic E-state index is 11.8. The Balaban J connectivity index is 2.13. The lowest BCUT2D eigenvalue weighted by Crippen LogP contribution is -2.18. The van der Waals surface area contributed by atoms with E-state index < -0.39 is 0 Å². The van der Waals surface area contributed by atoms with E-state index in [0.29, 0.717) is 12.3 Å². The molecule has 1 aliphatic heterocycles. The van der Waals surface area contributed by atoms with Crippen molar-refractivity contribution in [2.75, 3.05) is 17.2 Å². The van der Waals surface area contributed by atoms with Crippen LogP contribution in [0.3, 0.4) is 0 Å². The van der Waals surface area contributed by atoms with Gasteiger partial charge in [0.15, 0.2) is 0 Å². The Bertz CT molecular complexity index is 413. The Morgan fingerprint density at radius 3 is 3.06 bits per heavy atom. The molecule has 0 unspecified atom stereocenters. The van der Waals surface area contributed by atoms with E-state index in [1.807, 2.05) is 12.1 Å². The zero-order valence-corrected chi connectivity index (χ0v) is 10.5. The third-order valence-corrected chi connectivity index (χ3v) is 2.94. The van der Waals surface area contributed by atoms with E-state index in [1.165, 1.54) is 5.56 Å². The lowest BCUT2D eigenvalue weighted by Gasteiger charge is -2.21. The average Bonchev–Trinajstić information content (AvgIpc) is 2.28. The standard InChI is InChI=1S/C14H20N2O/c1-10(2)9-13(17)16-12-7-3-5-11-6-4-8-15-14(11)12/h3,5,7,10,15H,4,6,8-9H2,1-2H3,(H,16,17). The summed E-state index contributed by atoms with van der Waals surface area (Å²) in [6, 6.07) is 6.10. The van der Waals surface area contributed by atoms with Crippen LogP contribution in [-0.4, -0.2) is 12.5 Å². The zero-order chi connectivity index (χ0) is 12.3. The number of para-hydroxylation sites is 1. The number of nitrogens with one attached hydrogen (secondary N) is 2. The van der Waals surface area contributed by atoms with Crippen LogP contribution < -0.4 is 10.6 Å². The van der Waals surface area contributed by atoms with E-state index in [4.69, 9.17) is 0 Å². The van der Waals surface area contributed by atoms with Crippen LogP contribution in [0.1, 0.15) is 32.3 Å². The van der Waals surface area contributed by atoms with E-state index in [9.17, 15) is 4.79 Å². The average molecular weight is 232 g/mol. The molecule has 0 aliphatic carbocycles. The summed E-state index contributed by atoms with van der Waals surface area (Å²) in [7, 11) is 0. The second kappa shape index (κ2) is 5.21. The highest BCUT2D eigenvalue weighted by Crippen LogP contribution is 2.30. The summed E-state index contributed by atoms with van der Waals surface area (Å²) >= 11 is 0. The van der Waals surface area contributed by atoms with Gasteiger partial charge in [0.2, 0.25) is 5.91 Å². The summed E-state index contributed by atoms with van der Waals surface area (Å²) in [5.74, 6) is 0.489. The Labute approximate surface area is 103 Å². The van der Waals surface area contributed by atoms with Gasteiger partial charge < -0.3 is 10.6 Å². The first-order chi connectivity index (χ1) is 8.16. The molecule has 2 N–H and O–H groups in total. The number of aryl methyl sites for hydroxylation is 1. The van der Waals surface area contributed by atoms with Gasteiger partial charge in [0, 0.05) is 13.0 Å². The molecule has 1 aliphatic rings. The quantitative estimate of drug-likeness (QED) is 0.841. The molecule has 0 atom stereocenters. The fraction of sp³-hybridized carbons (Fsp3) is 0.500. The van der Waals surface area contributed by atoms with E-state index >= 15 is 0 Å². The van der Waals surface area contributed by atoms with Crippen molar-refractivity contribution in [3.05, 3.63) is 23.8 Å². The van der Waals surface area contributed by atoms with Crippen LogP contribution in [0, 0.1) is 5.92 Å². The third kappa shape index (κ3) is 2.99. The molecule has 1 heterocycles. The Hall–Kier alpha value is -1.51. The van der Waals surface area contributed by atoms with Crippen molar-refractivity contribution in [1.29, 1.82) is 0 Å². The first-order valence-corrected chi connectivity index (χ1v) is 6.32. The number of rotatable bonds is 3. The van der Waals surface area contributed by atoms with Crippen molar-refractivity contribution in [2.24, 2.45) is 5.92 Å². The molecule has 3 nitrogen and oxygen atoms in total. The molecule has 0 saturated heterocycles. The van der Waals surface area contributed by atoms with E-state index in [0.717, 1.165) is 30.8 Å². The number of carbonyl (C=O) groups is 1. The summed E-state index contributed by atoms with van der Waals surface area (Å²) in [5, 5.41) is 6.38. The van der Waals surface area contributed by atoms with Gasteiger partial charge in [0.05, 0.1) is 11.4 Å². The molecule has 0 fully saturated rings. The van der Waals surface area contributed by atoms with Gasteiger partial charge in [-0.3, -0.25) is 4.79 Å². The number of anilines is 2. The number of hydrogen-bond donors (Lipinski definition) is 2. The molecule has 0 bridgehead atoms. The summed E-state index contributed by atoms with van der Waals surface area (Å²) in [6.45, 7) is 5.10. The van der Waals surface area contributed by atoms with Gasteiger partial charge in [-0.15, -0.1) is 0 Å². The van der Waals surface area contributed by atoms with E-state index in [2.05, 4.69) is 30.5 Å². The smallest absolute Gasteiger partial charge is 0.224 e. The fourth-order valence-corrected chi connectivity index (χ4v) is 2.19. The molecule has 0 spiro atoms. The number of carbonyl (C=O) groups excluding carboxylic acids is 1. The molecule has 1 amide bonds. The number of benzene rings is 1. The highest BCUT2D eigenvalue weighted by molar-refractivity contribution is 5.95. The maximum Gasteiger partial charge on any atom is 0.224 e. The summed E-state index contributed by atoms with van der Waals surface area (Å²) in [5.41, 5.74) is 3.34. The highest BCUT2D eigenvalue weighted by atomic mass is 16.1. The molecular formula is C14H20N2O. The molecular weight excluding hydrogens is 212 g/mol. The van der Waals surface area contributed by atoms with E-state index in [-0.39, 0.29) is 5.91 Å². The normalized spacial score (nSPS) is 14.1. The maximum absolute atomic E-state index is 11.8. The number of amides is 1. The van der Waals surface area contributed by atoms with Crippen LogP contribution in [-0.2, 0) is 11.2 Å². The highest BCUT2D eigenvalue weighted by Gasteiger charge is 2.14. The van der Waals surface area contributed by atoms with Crippen LogP contribution in [0.2, 0.25) is 0 Å². The van der Waals surface area contributed by atoms with Crippen LogP contribution in [0.25, 0.3) is 0 Å². The van der Waals surface area contributed by atoms with Gasteiger partial charge in [0.1, 0.15) is 0 Å². The van der Waals surface area contributed by atoms with Gasteiger partial charge >= 0.3 is 0 Å². The van der Waals surface area contributed by atoms with Crippen molar-refractivity contribution in [1.82, 2.24) is 0 Å². The molecule has 3 heteroatoms. The molecule has 1 aromatic rings. The van der Waals surface area contributed by atoms with Gasteiger partial charge in [-0.1, -0.05) is 26.0 Å². The number of hydrogen-bond acceptors (Lipinski definition) is 2. The molecule has 2 rings (SSSR count). The van der Waals surface area contributed by atoms with Gasteiger partial charge in [0.25, 0.3) is 0 Å². The third-order valence-electron chi connectivity index (χ3n) is 2.94. The second-order valence-electron chi connectivity index (χ2n) is 5.02. The molecule has 0 aromatic heterocycles. The summed E-state index contributed by atoms with van der Waals surface area (Å²) in [4.78, 5) is 11.8. The van der Waals surface area contributed by atoms with E-state index in [1.54, 1.807) is 0 Å². The van der Waals surface area contributed by atoms with Crippen LogP contribution >= 0.6 is 0 Å². The minimum atomic E-state index is 0.0979. The van der Waals surface area contributed by atoms with Gasteiger partial charge in [-0.2, -0.15) is 0 Å². The lowest BCUT2D eigenvalue weighted by atomic mass is 10.0. The Morgan fingerprint density at radius 2 is 2.29 bits per heavy atom. The minimum absolute atomic E-state index is 0.0979. The SMILES string of the molecule is CC(C)CC(=O)Nc1cccc2c1NCCC2. The van der Waals surface area contributed by atoms with Crippen molar-refractivity contribution in [3.8, 4) is 0 Å². The molecule has 92 valence electrons. The Kier molecular flexibility index (Phi) is 3.67. The number of fused-ring (bicyclic) bond motifs is 1. The fourth-order valence-electron chi connectivity index (χ4n) is 2.19. The van der Waals surface area contributed by atoms with Crippen molar-refractivity contribution in [3.63, 3.8) is 0 Å². The van der Waals surface area contributed by atoms with Crippen LogP contribution in [0.5, 0.6) is 0 Å². The predicted molar refractivity (Wildman–Crippen MR) is 71.3 cm³/mol. The molecule has 0 radical (unpaired) electrons. The monoisotopic (exact) mass is 232 g/mol. The van der Waals surface area contributed by atoms with Gasteiger partial charge in [-0.25, -0.2) is 0 Å². The lowest BCUT2D eigenvalue weighted by molar-refractivity contribution is -0.116. The summed E-state index contributed by atoms with van der Waals surface area (Å²) in [6.07, 6.45) is 2.83. The first kappa shape index (κ1) is 12.0. The zero-order valence-electron chi connectivity index (χ0n) is 10.5. The largest absolute Gasteiger partial charge is 0.383 e. The predicted octanol–water partition coefficient (Wildman–Crippen LogP) is 3.03. The van der Waals surface area contributed by atoms with Crippen LogP contribution in [0.4, 0.5) is 11.4 Å². The topological polar surface area (TPSA) is 41.1 Å². The second-order valence-corrected chi connectivity index (χ2v) is 5.02. The van der Waals surface area contributed by atoms with Gasteiger partial charge in [-0.05, 0) is 30.4 Å². The Morgan fingerprint density at radius 1 is 1.47 bits per heavy atom. The first-order valence-electron chi connectivity index (χ1n) is 6.32. The van der Waals surface area contributed by atoms with Crippen molar-refractivity contribution in [2.45, 2.75) is 33.1 Å². The van der Waals surface area contributed by atoms with Crippen molar-refractivity contribution < 1.29 is 4.79 Å². The molecule has 1 aromatic carbocycles. The summed E-state index contributed by atoms with van der Waals surface area (Å²) < 4.78 is 0. The molecule has 17 heavy (non-hydrogen) atoms.